The minimum Gasteiger partial charge on any atom is -0.508 e. The first-order chi connectivity index (χ1) is 16.0. The fraction of sp³-hybridized carbons (Fsp3) is 0.538. The normalized spacial score (nSPS) is 30.1. The van der Waals surface area contributed by atoms with E-state index >= 15 is 0 Å². The van der Waals surface area contributed by atoms with Crippen molar-refractivity contribution in [1.29, 1.82) is 0 Å². The Morgan fingerprint density at radius 2 is 1.97 bits per heavy atom. The van der Waals surface area contributed by atoms with E-state index in [0.29, 0.717) is 38.0 Å². The fourth-order valence-electron chi connectivity index (χ4n) is 6.53. The van der Waals surface area contributed by atoms with Crippen LogP contribution in [0.15, 0.2) is 47.6 Å². The molecular weight excluding hydrogens is 450 g/mol. The van der Waals surface area contributed by atoms with Gasteiger partial charge in [0, 0.05) is 42.4 Å². The molecule has 2 N–H and O–H groups in total. The number of fused-ring (bicyclic) bond motifs is 4. The molecule has 1 amide bonds. The number of aromatic hydroxyl groups is 1. The summed E-state index contributed by atoms with van der Waals surface area (Å²) in [5.74, 6) is 0.221. The largest absolute Gasteiger partial charge is 0.508 e. The van der Waals surface area contributed by atoms with Crippen molar-refractivity contribution in [3.05, 3.63) is 53.9 Å². The molecule has 8 heteroatoms. The molecule has 1 aromatic heterocycles. The first-order valence-corrected chi connectivity index (χ1v) is 13.6. The molecule has 182 valence electrons. The predicted molar refractivity (Wildman–Crippen MR) is 129 cm³/mol. The minimum atomic E-state index is -3.66. The number of hydrogen-bond acceptors (Lipinski definition) is 5. The molecule has 0 radical (unpaired) electrons. The van der Waals surface area contributed by atoms with Crippen molar-refractivity contribution in [2.24, 2.45) is 11.3 Å². The summed E-state index contributed by atoms with van der Waals surface area (Å²) in [6.45, 7) is 7.42. The zero-order chi connectivity index (χ0) is 24.3. The molecule has 2 fully saturated rings. The van der Waals surface area contributed by atoms with Crippen LogP contribution < -0.4 is 4.72 Å². The molecule has 4 atom stereocenters. The number of amides is 1. The van der Waals surface area contributed by atoms with Crippen LogP contribution in [-0.4, -0.2) is 47.9 Å². The van der Waals surface area contributed by atoms with E-state index in [4.69, 9.17) is 0 Å². The highest BCUT2D eigenvalue weighted by molar-refractivity contribution is 7.89. The molecule has 1 saturated heterocycles. The molecule has 2 aliphatic carbocycles. The molecule has 0 spiro atoms. The van der Waals surface area contributed by atoms with Crippen molar-refractivity contribution in [3.63, 3.8) is 0 Å². The van der Waals surface area contributed by atoms with Crippen LogP contribution in [0.3, 0.4) is 0 Å². The van der Waals surface area contributed by atoms with Gasteiger partial charge in [-0.05, 0) is 66.8 Å². The Hall–Kier alpha value is -2.45. The number of sulfonamides is 1. The monoisotopic (exact) mass is 483 g/mol. The first kappa shape index (κ1) is 23.3. The molecule has 1 aromatic carbocycles. The van der Waals surface area contributed by atoms with E-state index in [0.717, 1.165) is 12.0 Å². The number of rotatable bonds is 4. The maximum absolute atomic E-state index is 13.7. The second kappa shape index (κ2) is 8.05. The van der Waals surface area contributed by atoms with Gasteiger partial charge in [0.05, 0.1) is 0 Å². The van der Waals surface area contributed by atoms with Crippen molar-refractivity contribution in [2.75, 3.05) is 6.54 Å². The summed E-state index contributed by atoms with van der Waals surface area (Å²) in [4.78, 5) is 19.8. The molecular formula is C26H33N3O4S. The molecule has 1 saturated carbocycles. The number of benzene rings is 1. The fourth-order valence-corrected chi connectivity index (χ4v) is 7.78. The van der Waals surface area contributed by atoms with Crippen molar-refractivity contribution < 1.29 is 18.3 Å². The minimum absolute atomic E-state index is 0.00863. The van der Waals surface area contributed by atoms with Gasteiger partial charge in [-0.2, -0.15) is 0 Å². The van der Waals surface area contributed by atoms with Crippen LogP contribution >= 0.6 is 0 Å². The molecule has 2 aromatic rings. The first-order valence-electron chi connectivity index (χ1n) is 12.1. The molecule has 7 nitrogen and oxygen atoms in total. The van der Waals surface area contributed by atoms with Gasteiger partial charge in [0.2, 0.25) is 15.9 Å². The topological polar surface area (TPSA) is 99.6 Å². The van der Waals surface area contributed by atoms with Gasteiger partial charge < -0.3 is 10.0 Å². The average molecular weight is 484 g/mol. The Bertz CT molecular complexity index is 1210. The van der Waals surface area contributed by atoms with Crippen LogP contribution in [0.4, 0.5) is 0 Å². The summed E-state index contributed by atoms with van der Waals surface area (Å²) in [7, 11) is -3.66. The summed E-state index contributed by atoms with van der Waals surface area (Å²) in [6.07, 6.45) is 6.16. The Morgan fingerprint density at radius 3 is 2.71 bits per heavy atom. The molecule has 1 aliphatic heterocycles. The van der Waals surface area contributed by atoms with Crippen molar-refractivity contribution in [2.45, 2.75) is 75.3 Å². The third-order valence-electron chi connectivity index (χ3n) is 8.96. The third kappa shape index (κ3) is 3.53. The highest BCUT2D eigenvalue weighted by Crippen LogP contribution is 2.57. The van der Waals surface area contributed by atoms with Gasteiger partial charge in [-0.25, -0.2) is 13.1 Å². The lowest BCUT2D eigenvalue weighted by atomic mass is 9.51. The average Bonchev–Trinajstić information content (AvgIpc) is 3.25. The lowest BCUT2D eigenvalue weighted by Gasteiger charge is -2.61. The maximum Gasteiger partial charge on any atom is 0.242 e. The van der Waals surface area contributed by atoms with Gasteiger partial charge in [-0.15, -0.1) is 0 Å². The lowest BCUT2D eigenvalue weighted by Crippen LogP contribution is -2.65. The molecule has 34 heavy (non-hydrogen) atoms. The zero-order valence-electron chi connectivity index (χ0n) is 20.0. The number of nitrogens with one attached hydrogen (secondary N) is 1. The number of hydrogen-bond donors (Lipinski definition) is 2. The van der Waals surface area contributed by atoms with Gasteiger partial charge in [0.15, 0.2) is 0 Å². The SMILES string of the molecule is CC1(C)[C@H]2Cc3c(O)cccc3[C@]1(C)CCN2C(=O)C1CC[C@@H](NS(=O)(=O)c2cccnc2)C1. The number of piperidine rings is 1. The second-order valence-corrected chi connectivity index (χ2v) is 12.6. The van der Waals surface area contributed by atoms with E-state index < -0.39 is 10.0 Å². The van der Waals surface area contributed by atoms with Gasteiger partial charge in [-0.3, -0.25) is 9.78 Å². The van der Waals surface area contributed by atoms with Crippen LogP contribution in [0.2, 0.25) is 0 Å². The van der Waals surface area contributed by atoms with E-state index in [1.54, 1.807) is 12.1 Å². The number of pyridine rings is 1. The smallest absolute Gasteiger partial charge is 0.242 e. The number of nitrogens with zero attached hydrogens (tertiary/aromatic N) is 2. The quantitative estimate of drug-likeness (QED) is 0.695. The number of phenolic OH excluding ortho intramolecular Hbond substituents is 1. The van der Waals surface area contributed by atoms with E-state index in [2.05, 4.69) is 36.5 Å². The summed E-state index contributed by atoms with van der Waals surface area (Å²) >= 11 is 0. The van der Waals surface area contributed by atoms with Crippen LogP contribution in [0.25, 0.3) is 0 Å². The number of phenols is 1. The van der Waals surface area contributed by atoms with Gasteiger partial charge in [0.1, 0.15) is 10.6 Å². The highest BCUT2D eigenvalue weighted by atomic mass is 32.2. The van der Waals surface area contributed by atoms with E-state index in [1.807, 2.05) is 11.0 Å². The Labute approximate surface area is 201 Å². The number of carbonyl (C=O) groups excluding carboxylic acids is 1. The third-order valence-corrected chi connectivity index (χ3v) is 10.5. The van der Waals surface area contributed by atoms with Gasteiger partial charge in [-0.1, -0.05) is 32.9 Å². The second-order valence-electron chi connectivity index (χ2n) is 10.9. The molecule has 2 heterocycles. The van der Waals surface area contributed by atoms with Crippen LogP contribution in [-0.2, 0) is 26.7 Å². The summed E-state index contributed by atoms with van der Waals surface area (Å²) < 4.78 is 28.2. The number of likely N-dealkylation sites (tertiary alicyclic amines) is 1. The van der Waals surface area contributed by atoms with E-state index in [9.17, 15) is 18.3 Å². The van der Waals surface area contributed by atoms with Crippen molar-refractivity contribution in [3.8, 4) is 5.75 Å². The summed E-state index contributed by atoms with van der Waals surface area (Å²) in [6, 6.07) is 8.62. The molecule has 1 unspecified atom stereocenters. The van der Waals surface area contributed by atoms with Gasteiger partial charge >= 0.3 is 0 Å². The van der Waals surface area contributed by atoms with Crippen LogP contribution in [0, 0.1) is 11.3 Å². The van der Waals surface area contributed by atoms with Crippen LogP contribution in [0.5, 0.6) is 5.75 Å². The summed E-state index contributed by atoms with van der Waals surface area (Å²) in [5.41, 5.74) is 1.88. The molecule has 2 bridgehead atoms. The number of carbonyl (C=O) groups is 1. The Balaban J connectivity index is 1.34. The number of aromatic nitrogens is 1. The van der Waals surface area contributed by atoms with Crippen molar-refractivity contribution in [1.82, 2.24) is 14.6 Å². The van der Waals surface area contributed by atoms with Crippen LogP contribution in [0.1, 0.15) is 57.6 Å². The lowest BCUT2D eigenvalue weighted by molar-refractivity contribution is -0.148. The molecule has 3 aliphatic rings. The maximum atomic E-state index is 13.7. The summed E-state index contributed by atoms with van der Waals surface area (Å²) in [5, 5.41) is 10.6. The van der Waals surface area contributed by atoms with Gasteiger partial charge in [0.25, 0.3) is 0 Å². The Kier molecular flexibility index (Phi) is 5.52. The highest BCUT2D eigenvalue weighted by Gasteiger charge is 2.57. The zero-order valence-corrected chi connectivity index (χ0v) is 20.8. The Morgan fingerprint density at radius 1 is 1.18 bits per heavy atom. The van der Waals surface area contributed by atoms with E-state index in [-0.39, 0.29) is 39.6 Å². The van der Waals surface area contributed by atoms with E-state index in [1.165, 1.54) is 24.0 Å². The molecule has 5 rings (SSSR count). The predicted octanol–water partition coefficient (Wildman–Crippen LogP) is 3.38. The van der Waals surface area contributed by atoms with Crippen molar-refractivity contribution >= 4 is 15.9 Å². The standard InChI is InChI=1S/C26H33N3O4S/c1-25(2)23-15-20-21(7-4-8-22(20)30)26(25,3)11-13-29(23)24(31)17-9-10-18(14-17)28-34(32,33)19-6-5-12-27-16-19/h4-8,12,16-18,23,28,30H,9-11,13-15H2,1-3H3/t17?,18-,23-,26+/m1/s1.